The highest BCUT2D eigenvalue weighted by Gasteiger charge is 2.23. The first kappa shape index (κ1) is 26.6. The van der Waals surface area contributed by atoms with Gasteiger partial charge in [-0.2, -0.15) is 10.4 Å². The summed E-state index contributed by atoms with van der Waals surface area (Å²) in [6, 6.07) is 11.0. The maximum atomic E-state index is 14.1. The number of nitrogens with two attached hydrogens (primary N) is 1. The summed E-state index contributed by atoms with van der Waals surface area (Å²) < 4.78 is 43.7. The lowest BCUT2D eigenvalue weighted by molar-refractivity contribution is -0.122. The summed E-state index contributed by atoms with van der Waals surface area (Å²) in [6.45, 7) is -0.265. The SMILES string of the molecule is N#Cc1nn(CC(=O)NC(Cc2cc(F)cc(F)c2)c2ncccc2-c2ccc(F)c(C(N)=O)c2)cc1Br. The van der Waals surface area contributed by atoms with Gasteiger partial charge in [-0.25, -0.2) is 13.2 Å². The zero-order chi connectivity index (χ0) is 27.4. The molecule has 1 unspecified atom stereocenters. The second-order valence-corrected chi connectivity index (χ2v) is 9.09. The zero-order valence-electron chi connectivity index (χ0n) is 19.5. The lowest BCUT2D eigenvalue weighted by Crippen LogP contribution is -2.33. The molecule has 0 fully saturated rings. The molecule has 0 saturated carbocycles. The molecule has 12 heteroatoms. The molecular weight excluding hydrogens is 565 g/mol. The van der Waals surface area contributed by atoms with Crippen molar-refractivity contribution in [2.75, 3.05) is 0 Å². The molecule has 0 aliphatic carbocycles. The maximum absolute atomic E-state index is 14.1. The van der Waals surface area contributed by atoms with Crippen molar-refractivity contribution in [1.29, 1.82) is 5.26 Å². The van der Waals surface area contributed by atoms with Gasteiger partial charge in [-0.3, -0.25) is 19.3 Å². The van der Waals surface area contributed by atoms with Crippen molar-refractivity contribution in [3.8, 4) is 17.2 Å². The number of nitrogens with zero attached hydrogens (tertiary/aromatic N) is 4. The van der Waals surface area contributed by atoms with Crippen LogP contribution in [0.3, 0.4) is 0 Å². The van der Waals surface area contributed by atoms with Crippen LogP contribution in [0.2, 0.25) is 0 Å². The Kier molecular flexibility index (Phi) is 7.87. The van der Waals surface area contributed by atoms with Crippen molar-refractivity contribution in [2.45, 2.75) is 19.0 Å². The number of hydrogen-bond acceptors (Lipinski definition) is 5. The number of primary amides is 1. The van der Waals surface area contributed by atoms with E-state index in [-0.39, 0.29) is 29.8 Å². The fraction of sp³-hybridized carbons (Fsp3) is 0.115. The van der Waals surface area contributed by atoms with Crippen LogP contribution in [0.15, 0.2) is 65.4 Å². The first-order valence-electron chi connectivity index (χ1n) is 11.1. The topological polar surface area (TPSA) is 127 Å². The molecule has 0 saturated heterocycles. The van der Waals surface area contributed by atoms with E-state index in [9.17, 15) is 22.8 Å². The van der Waals surface area contributed by atoms with Crippen LogP contribution in [-0.2, 0) is 17.8 Å². The molecule has 2 heterocycles. The van der Waals surface area contributed by atoms with Gasteiger partial charge in [0.15, 0.2) is 5.69 Å². The van der Waals surface area contributed by atoms with Crippen molar-refractivity contribution < 1.29 is 22.8 Å². The fourth-order valence-electron chi connectivity index (χ4n) is 3.94. The third-order valence-corrected chi connectivity index (χ3v) is 6.12. The molecule has 4 rings (SSSR count). The van der Waals surface area contributed by atoms with Crippen LogP contribution >= 0.6 is 15.9 Å². The molecule has 2 aromatic heterocycles. The van der Waals surface area contributed by atoms with E-state index >= 15 is 0 Å². The standard InChI is InChI=1S/C26H18BrF3N6O2/c27-20-12-36(35-23(20)11-31)13-24(37)34-22(8-14-6-16(28)10-17(29)7-14)25-18(2-1-5-33-25)15-3-4-21(30)19(9-15)26(32)38/h1-7,9-10,12,22H,8,13H2,(H2,32,38)(H,34,37). The van der Waals surface area contributed by atoms with Gasteiger partial charge in [-0.1, -0.05) is 12.1 Å². The van der Waals surface area contributed by atoms with Gasteiger partial charge in [0.05, 0.1) is 21.8 Å². The Morgan fingerprint density at radius 2 is 1.87 bits per heavy atom. The number of aromatic nitrogens is 3. The first-order valence-corrected chi connectivity index (χ1v) is 11.9. The summed E-state index contributed by atoms with van der Waals surface area (Å²) in [4.78, 5) is 29.1. The van der Waals surface area contributed by atoms with E-state index in [0.29, 0.717) is 21.3 Å². The van der Waals surface area contributed by atoms with Crippen LogP contribution in [0.5, 0.6) is 0 Å². The number of hydrogen-bond donors (Lipinski definition) is 2. The van der Waals surface area contributed by atoms with E-state index in [2.05, 4.69) is 31.3 Å². The minimum atomic E-state index is -0.961. The summed E-state index contributed by atoms with van der Waals surface area (Å²) in [7, 11) is 0. The smallest absolute Gasteiger partial charge is 0.251 e. The number of nitriles is 1. The van der Waals surface area contributed by atoms with Gasteiger partial charge in [0, 0.05) is 24.0 Å². The highest BCUT2D eigenvalue weighted by atomic mass is 79.9. The number of nitrogens with one attached hydrogen (secondary N) is 1. The van der Waals surface area contributed by atoms with Gasteiger partial charge < -0.3 is 11.1 Å². The van der Waals surface area contributed by atoms with Gasteiger partial charge >= 0.3 is 0 Å². The third-order valence-electron chi connectivity index (χ3n) is 5.54. The Hall–Kier alpha value is -4.50. The summed E-state index contributed by atoms with van der Waals surface area (Å²) >= 11 is 3.19. The average Bonchev–Trinajstić information content (AvgIpc) is 3.21. The van der Waals surface area contributed by atoms with Gasteiger partial charge in [-0.05, 0) is 63.8 Å². The monoisotopic (exact) mass is 582 g/mol. The van der Waals surface area contributed by atoms with Crippen molar-refractivity contribution in [3.05, 3.63) is 105 Å². The number of amides is 2. The molecule has 2 aromatic carbocycles. The van der Waals surface area contributed by atoms with E-state index in [1.54, 1.807) is 12.1 Å². The van der Waals surface area contributed by atoms with Crippen LogP contribution < -0.4 is 11.1 Å². The normalized spacial score (nSPS) is 11.6. The molecule has 2 amide bonds. The Morgan fingerprint density at radius 1 is 1.13 bits per heavy atom. The Balaban J connectivity index is 1.73. The van der Waals surface area contributed by atoms with Crippen molar-refractivity contribution >= 4 is 27.7 Å². The van der Waals surface area contributed by atoms with Crippen LogP contribution in [0.1, 0.15) is 33.4 Å². The molecule has 0 spiro atoms. The molecular formula is C26H18BrF3N6O2. The number of pyridine rings is 1. The minimum Gasteiger partial charge on any atom is -0.366 e. The first-order chi connectivity index (χ1) is 18.1. The molecule has 1 atom stereocenters. The van der Waals surface area contributed by atoms with Crippen LogP contribution in [0, 0.1) is 28.8 Å². The molecule has 38 heavy (non-hydrogen) atoms. The van der Waals surface area contributed by atoms with Crippen molar-refractivity contribution in [2.24, 2.45) is 5.73 Å². The summed E-state index contributed by atoms with van der Waals surface area (Å²) in [6.07, 6.45) is 2.87. The molecule has 0 aliphatic rings. The lowest BCUT2D eigenvalue weighted by atomic mass is 9.94. The largest absolute Gasteiger partial charge is 0.366 e. The molecule has 4 aromatic rings. The summed E-state index contributed by atoms with van der Waals surface area (Å²) in [5, 5.41) is 15.9. The van der Waals surface area contributed by atoms with E-state index in [4.69, 9.17) is 11.0 Å². The Labute approximate surface area is 223 Å². The van der Waals surface area contributed by atoms with Crippen LogP contribution in [0.25, 0.3) is 11.1 Å². The molecule has 0 bridgehead atoms. The number of benzene rings is 2. The highest BCUT2D eigenvalue weighted by molar-refractivity contribution is 9.10. The lowest BCUT2D eigenvalue weighted by Gasteiger charge is -2.22. The highest BCUT2D eigenvalue weighted by Crippen LogP contribution is 2.30. The molecule has 192 valence electrons. The number of carbonyl (C=O) groups is 2. The molecule has 3 N–H and O–H groups in total. The predicted molar refractivity (Wildman–Crippen MR) is 134 cm³/mol. The second-order valence-electron chi connectivity index (χ2n) is 8.23. The number of halogens is 4. The Morgan fingerprint density at radius 3 is 2.53 bits per heavy atom. The van der Waals surface area contributed by atoms with E-state index < -0.39 is 35.3 Å². The van der Waals surface area contributed by atoms with Gasteiger partial charge in [0.2, 0.25) is 5.91 Å². The molecule has 8 nitrogen and oxygen atoms in total. The van der Waals surface area contributed by atoms with Crippen molar-refractivity contribution in [3.63, 3.8) is 0 Å². The average molecular weight is 583 g/mol. The third kappa shape index (κ3) is 6.07. The molecule has 0 aliphatic heterocycles. The number of rotatable bonds is 8. The quantitative estimate of drug-likeness (QED) is 0.322. The predicted octanol–water partition coefficient (Wildman–Crippen LogP) is 4.20. The van der Waals surface area contributed by atoms with Gasteiger partial charge in [0.25, 0.3) is 5.91 Å². The molecule has 0 radical (unpaired) electrons. The van der Waals surface area contributed by atoms with Crippen molar-refractivity contribution in [1.82, 2.24) is 20.1 Å². The van der Waals surface area contributed by atoms with E-state index in [0.717, 1.165) is 24.3 Å². The van der Waals surface area contributed by atoms with Gasteiger partial charge in [0.1, 0.15) is 30.1 Å². The van der Waals surface area contributed by atoms with Crippen LogP contribution in [-0.4, -0.2) is 26.6 Å². The minimum absolute atomic E-state index is 0.0550. The second kappa shape index (κ2) is 11.3. The fourth-order valence-corrected chi connectivity index (χ4v) is 4.35. The summed E-state index contributed by atoms with van der Waals surface area (Å²) in [5.41, 5.74) is 6.43. The van der Waals surface area contributed by atoms with E-state index in [1.165, 1.54) is 29.2 Å². The van der Waals surface area contributed by atoms with Crippen LogP contribution in [0.4, 0.5) is 13.2 Å². The number of carbonyl (C=O) groups excluding carboxylic acids is 2. The Bertz CT molecular complexity index is 1560. The zero-order valence-corrected chi connectivity index (χ0v) is 21.0. The maximum Gasteiger partial charge on any atom is 0.251 e. The van der Waals surface area contributed by atoms with Gasteiger partial charge in [-0.15, -0.1) is 0 Å². The van der Waals surface area contributed by atoms with E-state index in [1.807, 2.05) is 6.07 Å². The summed E-state index contributed by atoms with van der Waals surface area (Å²) in [5.74, 6) is -3.87.